The summed E-state index contributed by atoms with van der Waals surface area (Å²) in [7, 11) is 0. The van der Waals surface area contributed by atoms with Gasteiger partial charge in [0.2, 0.25) is 0 Å². The molecule has 1 heterocycles. The topological polar surface area (TPSA) is 32.3 Å². The summed E-state index contributed by atoms with van der Waals surface area (Å²) in [6, 6.07) is 9.83. The fraction of sp³-hybridized carbons (Fsp3) is 0.182. The molecule has 3 nitrogen and oxygen atoms in total. The summed E-state index contributed by atoms with van der Waals surface area (Å²) >= 11 is 0. The van der Waals surface area contributed by atoms with Gasteiger partial charge in [0.15, 0.2) is 6.29 Å². The van der Waals surface area contributed by atoms with Crippen LogP contribution in [0.5, 0.6) is 0 Å². The number of aldehydes is 1. The number of anilines is 1. The average Bonchev–Trinajstić information content (AvgIpc) is 2.30. The van der Waals surface area contributed by atoms with Gasteiger partial charge >= 0.3 is 0 Å². The Morgan fingerprint density at radius 2 is 2.14 bits per heavy atom. The Kier molecular flexibility index (Phi) is 2.60. The molecular formula is C11H12N2O. The van der Waals surface area contributed by atoms with E-state index in [1.807, 2.05) is 47.5 Å². The minimum Gasteiger partial charge on any atom is -0.326 e. The second-order valence-electron chi connectivity index (χ2n) is 3.12. The molecule has 1 atom stereocenters. The summed E-state index contributed by atoms with van der Waals surface area (Å²) in [6.45, 7) is 0.743. The minimum absolute atomic E-state index is 0.248. The average molecular weight is 188 g/mol. The quantitative estimate of drug-likeness (QED) is 0.706. The van der Waals surface area contributed by atoms with Crippen LogP contribution >= 0.6 is 0 Å². The van der Waals surface area contributed by atoms with E-state index in [1.165, 1.54) is 0 Å². The number of nitrogens with zero attached hydrogens (tertiary/aromatic N) is 1. The summed E-state index contributed by atoms with van der Waals surface area (Å²) in [4.78, 5) is 12.7. The van der Waals surface area contributed by atoms with E-state index in [4.69, 9.17) is 0 Å². The van der Waals surface area contributed by atoms with Crippen LogP contribution < -0.4 is 10.2 Å². The SMILES string of the molecule is O=CC1NCC=CN1c1ccccc1. The fourth-order valence-electron chi connectivity index (χ4n) is 1.51. The molecule has 0 aliphatic carbocycles. The number of hydrogen-bond acceptors (Lipinski definition) is 3. The molecule has 1 aliphatic heterocycles. The van der Waals surface area contributed by atoms with Crippen molar-refractivity contribution in [3.63, 3.8) is 0 Å². The Morgan fingerprint density at radius 3 is 2.86 bits per heavy atom. The normalized spacial score (nSPS) is 20.9. The Labute approximate surface area is 83.0 Å². The maximum atomic E-state index is 10.8. The third kappa shape index (κ3) is 1.67. The maximum absolute atomic E-state index is 10.8. The molecule has 2 rings (SSSR count). The van der Waals surface area contributed by atoms with Gasteiger partial charge < -0.3 is 4.90 Å². The summed E-state index contributed by atoms with van der Waals surface area (Å²) < 4.78 is 0. The van der Waals surface area contributed by atoms with Crippen LogP contribution in [0.15, 0.2) is 42.6 Å². The van der Waals surface area contributed by atoms with E-state index in [0.29, 0.717) is 0 Å². The maximum Gasteiger partial charge on any atom is 0.157 e. The third-order valence-corrected chi connectivity index (χ3v) is 2.19. The van der Waals surface area contributed by atoms with Crippen LogP contribution in [0.2, 0.25) is 0 Å². The van der Waals surface area contributed by atoms with Gasteiger partial charge in [-0.3, -0.25) is 10.1 Å². The van der Waals surface area contributed by atoms with E-state index < -0.39 is 0 Å². The standard InChI is InChI=1S/C11H12N2O/c14-9-11-12-7-4-8-13(11)10-5-2-1-3-6-10/h1-6,8-9,11-12H,7H2. The number of rotatable bonds is 2. The van der Waals surface area contributed by atoms with Crippen LogP contribution in [0, 0.1) is 0 Å². The van der Waals surface area contributed by atoms with Crippen molar-refractivity contribution in [2.75, 3.05) is 11.4 Å². The van der Waals surface area contributed by atoms with E-state index in [9.17, 15) is 4.79 Å². The summed E-state index contributed by atoms with van der Waals surface area (Å²) in [6.07, 6.45) is 4.59. The van der Waals surface area contributed by atoms with Gasteiger partial charge in [-0.1, -0.05) is 24.3 Å². The number of nitrogens with one attached hydrogen (secondary N) is 1. The first-order valence-corrected chi connectivity index (χ1v) is 4.60. The lowest BCUT2D eigenvalue weighted by atomic mass is 10.2. The smallest absolute Gasteiger partial charge is 0.157 e. The Bertz CT molecular complexity index is 334. The van der Waals surface area contributed by atoms with E-state index >= 15 is 0 Å². The van der Waals surface area contributed by atoms with Gasteiger partial charge in [-0.05, 0) is 12.1 Å². The molecule has 1 aliphatic rings. The number of carbonyl (C=O) groups is 1. The van der Waals surface area contributed by atoms with Crippen LogP contribution in [0.4, 0.5) is 5.69 Å². The summed E-state index contributed by atoms with van der Waals surface area (Å²) in [5.74, 6) is 0. The third-order valence-electron chi connectivity index (χ3n) is 2.19. The Morgan fingerprint density at radius 1 is 1.36 bits per heavy atom. The van der Waals surface area contributed by atoms with Gasteiger partial charge in [0.25, 0.3) is 0 Å². The van der Waals surface area contributed by atoms with E-state index in [2.05, 4.69) is 5.32 Å². The molecule has 0 aromatic heterocycles. The largest absolute Gasteiger partial charge is 0.326 e. The molecule has 72 valence electrons. The highest BCUT2D eigenvalue weighted by Crippen LogP contribution is 2.16. The molecule has 0 saturated heterocycles. The van der Waals surface area contributed by atoms with Crippen molar-refractivity contribution in [2.24, 2.45) is 0 Å². The van der Waals surface area contributed by atoms with Crippen molar-refractivity contribution in [3.05, 3.63) is 42.6 Å². The molecule has 0 bridgehead atoms. The van der Waals surface area contributed by atoms with Crippen molar-refractivity contribution >= 4 is 12.0 Å². The van der Waals surface area contributed by atoms with Gasteiger partial charge in [-0.2, -0.15) is 0 Å². The molecule has 1 N–H and O–H groups in total. The van der Waals surface area contributed by atoms with Gasteiger partial charge in [-0.15, -0.1) is 0 Å². The lowest BCUT2D eigenvalue weighted by molar-refractivity contribution is -0.109. The highest BCUT2D eigenvalue weighted by molar-refractivity contribution is 5.67. The molecule has 0 radical (unpaired) electrons. The van der Waals surface area contributed by atoms with Crippen molar-refractivity contribution in [1.29, 1.82) is 0 Å². The molecule has 0 saturated carbocycles. The minimum atomic E-state index is -0.248. The number of hydrogen-bond donors (Lipinski definition) is 1. The zero-order valence-corrected chi connectivity index (χ0v) is 7.76. The van der Waals surface area contributed by atoms with Gasteiger partial charge in [0.05, 0.1) is 0 Å². The highest BCUT2D eigenvalue weighted by atomic mass is 16.1. The second kappa shape index (κ2) is 4.07. The number of carbonyl (C=O) groups excluding carboxylic acids is 1. The second-order valence-corrected chi connectivity index (χ2v) is 3.12. The van der Waals surface area contributed by atoms with Crippen LogP contribution in [0.25, 0.3) is 0 Å². The fourth-order valence-corrected chi connectivity index (χ4v) is 1.51. The first kappa shape index (κ1) is 8.97. The van der Waals surface area contributed by atoms with Crippen LogP contribution in [-0.2, 0) is 4.79 Å². The molecule has 0 amide bonds. The van der Waals surface area contributed by atoms with Gasteiger partial charge in [0.1, 0.15) is 6.17 Å². The predicted molar refractivity (Wildman–Crippen MR) is 55.9 cm³/mol. The Hall–Kier alpha value is -1.61. The molecule has 1 aromatic carbocycles. The van der Waals surface area contributed by atoms with E-state index in [1.54, 1.807) is 0 Å². The molecule has 0 spiro atoms. The molecular weight excluding hydrogens is 176 g/mol. The predicted octanol–water partition coefficient (Wildman–Crippen LogP) is 1.13. The van der Waals surface area contributed by atoms with Crippen LogP contribution in [-0.4, -0.2) is 19.0 Å². The van der Waals surface area contributed by atoms with Crippen LogP contribution in [0.3, 0.4) is 0 Å². The highest BCUT2D eigenvalue weighted by Gasteiger charge is 2.17. The first-order chi connectivity index (χ1) is 6.92. The Balaban J connectivity index is 2.27. The first-order valence-electron chi connectivity index (χ1n) is 4.60. The summed E-state index contributed by atoms with van der Waals surface area (Å²) in [5.41, 5.74) is 1.02. The molecule has 0 fully saturated rings. The molecule has 1 unspecified atom stereocenters. The van der Waals surface area contributed by atoms with Crippen molar-refractivity contribution in [1.82, 2.24) is 5.32 Å². The summed E-state index contributed by atoms with van der Waals surface area (Å²) in [5, 5.41) is 3.09. The van der Waals surface area contributed by atoms with Crippen LogP contribution in [0.1, 0.15) is 0 Å². The van der Waals surface area contributed by atoms with Gasteiger partial charge in [0, 0.05) is 18.4 Å². The zero-order valence-electron chi connectivity index (χ0n) is 7.76. The number of benzene rings is 1. The van der Waals surface area contributed by atoms with Crippen molar-refractivity contribution in [2.45, 2.75) is 6.17 Å². The van der Waals surface area contributed by atoms with Gasteiger partial charge in [-0.25, -0.2) is 0 Å². The number of para-hydroxylation sites is 1. The zero-order chi connectivity index (χ0) is 9.80. The van der Waals surface area contributed by atoms with E-state index in [0.717, 1.165) is 18.5 Å². The van der Waals surface area contributed by atoms with Crippen molar-refractivity contribution in [3.8, 4) is 0 Å². The van der Waals surface area contributed by atoms with E-state index in [-0.39, 0.29) is 6.17 Å². The molecule has 1 aromatic rings. The molecule has 3 heteroatoms. The lowest BCUT2D eigenvalue weighted by Gasteiger charge is -2.30. The van der Waals surface area contributed by atoms with Crippen molar-refractivity contribution < 1.29 is 4.79 Å². The molecule has 14 heavy (non-hydrogen) atoms. The lowest BCUT2D eigenvalue weighted by Crippen LogP contribution is -2.47. The monoisotopic (exact) mass is 188 g/mol.